The van der Waals surface area contributed by atoms with E-state index >= 15 is 0 Å². The lowest BCUT2D eigenvalue weighted by Gasteiger charge is -2.22. The highest BCUT2D eigenvalue weighted by atomic mass is 16.6. The lowest BCUT2D eigenvalue weighted by Crippen LogP contribution is -2.34. The number of benzene rings is 1. The predicted octanol–water partition coefficient (Wildman–Crippen LogP) is 1.27. The van der Waals surface area contributed by atoms with Gasteiger partial charge >= 0.3 is 5.97 Å². The molecule has 8 nitrogen and oxygen atoms in total. The molecule has 3 rings (SSSR count). The van der Waals surface area contributed by atoms with Crippen molar-refractivity contribution >= 4 is 23.5 Å². The average molecular weight is 376 g/mol. The van der Waals surface area contributed by atoms with Crippen LogP contribution >= 0.6 is 0 Å². The summed E-state index contributed by atoms with van der Waals surface area (Å²) < 4.78 is 16.1. The number of hydrogen-bond acceptors (Lipinski definition) is 6. The van der Waals surface area contributed by atoms with Crippen molar-refractivity contribution in [1.29, 1.82) is 0 Å². The van der Waals surface area contributed by atoms with Crippen LogP contribution in [0.3, 0.4) is 0 Å². The number of ether oxygens (including phenoxy) is 3. The van der Waals surface area contributed by atoms with Gasteiger partial charge in [-0.25, -0.2) is 0 Å². The summed E-state index contributed by atoms with van der Waals surface area (Å²) in [5.74, 6) is 0.0895. The third kappa shape index (κ3) is 4.69. The number of anilines is 1. The predicted molar refractivity (Wildman–Crippen MR) is 96.7 cm³/mol. The summed E-state index contributed by atoms with van der Waals surface area (Å²) >= 11 is 0. The van der Waals surface area contributed by atoms with E-state index in [1.165, 1.54) is 0 Å². The zero-order chi connectivity index (χ0) is 19.4. The van der Waals surface area contributed by atoms with Gasteiger partial charge in [-0.3, -0.25) is 14.4 Å². The largest absolute Gasteiger partial charge is 0.486 e. The van der Waals surface area contributed by atoms with Crippen LogP contribution in [0.2, 0.25) is 0 Å². The molecule has 0 spiro atoms. The second kappa shape index (κ2) is 8.28. The topological polar surface area (TPSA) is 94.2 Å². The molecule has 1 unspecified atom stereocenters. The van der Waals surface area contributed by atoms with E-state index in [-0.39, 0.29) is 43.3 Å². The summed E-state index contributed by atoms with van der Waals surface area (Å²) in [7, 11) is 0. The SMILES string of the molecule is CC(C)OC(=O)CCNC(=O)C1CC(=O)N(c2ccc3c(c2)OCCO3)C1. The van der Waals surface area contributed by atoms with Gasteiger partial charge in [-0.2, -0.15) is 0 Å². The number of amides is 2. The van der Waals surface area contributed by atoms with Gasteiger partial charge in [-0.05, 0) is 26.0 Å². The van der Waals surface area contributed by atoms with Crippen molar-refractivity contribution in [1.82, 2.24) is 5.32 Å². The van der Waals surface area contributed by atoms with Gasteiger partial charge < -0.3 is 24.4 Å². The number of hydrogen-bond donors (Lipinski definition) is 1. The summed E-state index contributed by atoms with van der Waals surface area (Å²) in [4.78, 5) is 37.8. The van der Waals surface area contributed by atoms with Crippen LogP contribution in [0.25, 0.3) is 0 Å². The van der Waals surface area contributed by atoms with Crippen LogP contribution in [0, 0.1) is 5.92 Å². The fourth-order valence-electron chi connectivity index (χ4n) is 3.09. The molecule has 8 heteroatoms. The van der Waals surface area contributed by atoms with Gasteiger partial charge in [-0.1, -0.05) is 0 Å². The molecule has 0 aromatic heterocycles. The minimum absolute atomic E-state index is 0.108. The van der Waals surface area contributed by atoms with Crippen molar-refractivity contribution in [2.45, 2.75) is 32.8 Å². The van der Waals surface area contributed by atoms with Crippen molar-refractivity contribution in [3.8, 4) is 11.5 Å². The van der Waals surface area contributed by atoms with Crippen LogP contribution in [-0.4, -0.2) is 50.2 Å². The molecular weight excluding hydrogens is 352 g/mol. The first-order chi connectivity index (χ1) is 12.9. The molecule has 1 aromatic carbocycles. The van der Waals surface area contributed by atoms with E-state index in [0.29, 0.717) is 36.9 Å². The molecular formula is C19H24N2O6. The highest BCUT2D eigenvalue weighted by molar-refractivity contribution is 6.00. The first-order valence-electron chi connectivity index (χ1n) is 9.11. The van der Waals surface area contributed by atoms with Crippen LogP contribution in [0.15, 0.2) is 18.2 Å². The van der Waals surface area contributed by atoms with Gasteiger partial charge in [0.15, 0.2) is 11.5 Å². The molecule has 2 amide bonds. The molecule has 1 N–H and O–H groups in total. The minimum atomic E-state index is -0.452. The average Bonchev–Trinajstić information content (AvgIpc) is 3.02. The van der Waals surface area contributed by atoms with Gasteiger partial charge in [-0.15, -0.1) is 0 Å². The Hall–Kier alpha value is -2.77. The molecule has 0 aliphatic carbocycles. The summed E-state index contributed by atoms with van der Waals surface area (Å²) in [6, 6.07) is 5.31. The first kappa shape index (κ1) is 19.0. The third-order valence-corrected chi connectivity index (χ3v) is 4.33. The van der Waals surface area contributed by atoms with Crippen LogP contribution < -0.4 is 19.7 Å². The van der Waals surface area contributed by atoms with Crippen molar-refractivity contribution in [3.05, 3.63) is 18.2 Å². The fraction of sp³-hybridized carbons (Fsp3) is 0.526. The van der Waals surface area contributed by atoms with E-state index in [9.17, 15) is 14.4 Å². The quantitative estimate of drug-likeness (QED) is 0.752. The van der Waals surface area contributed by atoms with E-state index in [4.69, 9.17) is 14.2 Å². The molecule has 2 aliphatic rings. The van der Waals surface area contributed by atoms with E-state index < -0.39 is 5.92 Å². The van der Waals surface area contributed by atoms with Gasteiger partial charge in [0.2, 0.25) is 11.8 Å². The highest BCUT2D eigenvalue weighted by Gasteiger charge is 2.35. The Morgan fingerprint density at radius 2 is 2.00 bits per heavy atom. The molecule has 1 atom stereocenters. The zero-order valence-corrected chi connectivity index (χ0v) is 15.5. The van der Waals surface area contributed by atoms with E-state index in [1.54, 1.807) is 36.9 Å². The number of carbonyl (C=O) groups is 3. The fourth-order valence-corrected chi connectivity index (χ4v) is 3.09. The van der Waals surface area contributed by atoms with Crippen LogP contribution in [0.5, 0.6) is 11.5 Å². The molecule has 146 valence electrons. The van der Waals surface area contributed by atoms with Crippen molar-refractivity contribution in [2.75, 3.05) is 31.2 Å². The van der Waals surface area contributed by atoms with E-state index in [2.05, 4.69) is 5.32 Å². The van der Waals surface area contributed by atoms with Crippen LogP contribution in [-0.2, 0) is 19.1 Å². The number of rotatable bonds is 6. The summed E-state index contributed by atoms with van der Waals surface area (Å²) in [6.45, 7) is 5.00. The standard InChI is InChI=1S/C19H24N2O6/c1-12(2)27-18(23)5-6-20-19(24)13-9-17(22)21(11-13)14-3-4-15-16(10-14)26-8-7-25-15/h3-4,10,12-13H,5-9,11H2,1-2H3,(H,20,24). The second-order valence-corrected chi connectivity index (χ2v) is 6.81. The Labute approximate surface area is 157 Å². The maximum Gasteiger partial charge on any atom is 0.307 e. The summed E-state index contributed by atoms with van der Waals surface area (Å²) in [5.41, 5.74) is 0.681. The van der Waals surface area contributed by atoms with Gasteiger partial charge in [0.25, 0.3) is 0 Å². The highest BCUT2D eigenvalue weighted by Crippen LogP contribution is 2.35. The van der Waals surface area contributed by atoms with Crippen molar-refractivity contribution in [3.63, 3.8) is 0 Å². The van der Waals surface area contributed by atoms with Gasteiger partial charge in [0.05, 0.1) is 18.4 Å². The van der Waals surface area contributed by atoms with Crippen molar-refractivity contribution in [2.24, 2.45) is 5.92 Å². The van der Waals surface area contributed by atoms with E-state index in [0.717, 1.165) is 0 Å². The first-order valence-corrected chi connectivity index (χ1v) is 9.11. The Balaban J connectivity index is 1.54. The third-order valence-electron chi connectivity index (χ3n) is 4.33. The van der Waals surface area contributed by atoms with Crippen molar-refractivity contribution < 1.29 is 28.6 Å². The number of nitrogens with zero attached hydrogens (tertiary/aromatic N) is 1. The maximum atomic E-state index is 12.4. The number of esters is 1. The number of fused-ring (bicyclic) bond motifs is 1. The molecule has 1 aromatic rings. The Bertz CT molecular complexity index is 733. The Morgan fingerprint density at radius 3 is 2.74 bits per heavy atom. The molecule has 0 saturated carbocycles. The molecule has 2 heterocycles. The number of carbonyl (C=O) groups excluding carboxylic acids is 3. The number of nitrogens with one attached hydrogen (secondary N) is 1. The molecule has 1 saturated heterocycles. The Morgan fingerprint density at radius 1 is 1.26 bits per heavy atom. The molecule has 2 aliphatic heterocycles. The molecule has 27 heavy (non-hydrogen) atoms. The minimum Gasteiger partial charge on any atom is -0.486 e. The smallest absolute Gasteiger partial charge is 0.307 e. The molecule has 0 radical (unpaired) electrons. The van der Waals surface area contributed by atoms with Gasteiger partial charge in [0.1, 0.15) is 13.2 Å². The second-order valence-electron chi connectivity index (χ2n) is 6.81. The van der Waals surface area contributed by atoms with Gasteiger partial charge in [0, 0.05) is 31.3 Å². The maximum absolute atomic E-state index is 12.4. The zero-order valence-electron chi connectivity index (χ0n) is 15.5. The summed E-state index contributed by atoms with van der Waals surface area (Å²) in [5, 5.41) is 2.71. The lowest BCUT2D eigenvalue weighted by atomic mass is 10.1. The molecule has 1 fully saturated rings. The lowest BCUT2D eigenvalue weighted by molar-refractivity contribution is -0.147. The summed E-state index contributed by atoms with van der Waals surface area (Å²) in [6.07, 6.45) is 0.0629. The molecule has 0 bridgehead atoms. The van der Waals surface area contributed by atoms with Crippen LogP contribution in [0.4, 0.5) is 5.69 Å². The van der Waals surface area contributed by atoms with E-state index in [1.807, 2.05) is 0 Å². The monoisotopic (exact) mass is 376 g/mol. The normalized spacial score (nSPS) is 18.6. The van der Waals surface area contributed by atoms with Crippen LogP contribution in [0.1, 0.15) is 26.7 Å². The Kier molecular flexibility index (Phi) is 5.83.